The summed E-state index contributed by atoms with van der Waals surface area (Å²) in [7, 11) is 0. The first kappa shape index (κ1) is 17.7. The van der Waals surface area contributed by atoms with Crippen LogP contribution in [0, 0.1) is 12.3 Å². The first-order chi connectivity index (χ1) is 9.84. The summed E-state index contributed by atoms with van der Waals surface area (Å²) < 4.78 is 1.85. The molecule has 0 atom stereocenters. The Morgan fingerprint density at radius 2 is 2.05 bits per heavy atom. The van der Waals surface area contributed by atoms with Gasteiger partial charge < -0.3 is 10.4 Å². The minimum Gasteiger partial charge on any atom is -0.396 e. The van der Waals surface area contributed by atoms with Crippen molar-refractivity contribution in [1.82, 2.24) is 15.1 Å². The highest BCUT2D eigenvalue weighted by Crippen LogP contribution is 2.20. The van der Waals surface area contributed by atoms with Crippen LogP contribution in [0.5, 0.6) is 0 Å². The van der Waals surface area contributed by atoms with Gasteiger partial charge in [-0.25, -0.2) is 0 Å². The van der Waals surface area contributed by atoms with E-state index in [1.54, 1.807) is 0 Å². The highest BCUT2D eigenvalue weighted by molar-refractivity contribution is 5.92. The van der Waals surface area contributed by atoms with Crippen molar-refractivity contribution in [1.29, 1.82) is 0 Å². The zero-order chi connectivity index (χ0) is 16.0. The third-order valence-corrected chi connectivity index (χ3v) is 3.89. The predicted molar refractivity (Wildman–Crippen MR) is 84.4 cm³/mol. The molecule has 1 aromatic rings. The van der Waals surface area contributed by atoms with E-state index in [1.165, 1.54) is 0 Å². The molecule has 0 aliphatic rings. The molecular weight excluding hydrogens is 266 g/mol. The van der Waals surface area contributed by atoms with Crippen LogP contribution < -0.4 is 5.32 Å². The second kappa shape index (κ2) is 7.59. The van der Waals surface area contributed by atoms with Crippen LogP contribution in [0.2, 0.25) is 0 Å². The summed E-state index contributed by atoms with van der Waals surface area (Å²) in [5.41, 5.74) is 1.38. The molecule has 0 aliphatic heterocycles. The summed E-state index contributed by atoms with van der Waals surface area (Å²) in [4.78, 5) is 12.4. The number of nitrogens with zero attached hydrogens (tertiary/aromatic N) is 2. The van der Waals surface area contributed by atoms with E-state index in [2.05, 4.69) is 24.3 Å². The maximum atomic E-state index is 12.4. The lowest BCUT2D eigenvalue weighted by Gasteiger charge is -2.24. The molecule has 1 aromatic heterocycles. The van der Waals surface area contributed by atoms with Gasteiger partial charge >= 0.3 is 0 Å². The van der Waals surface area contributed by atoms with Gasteiger partial charge in [0.25, 0.3) is 5.91 Å². The Balaban J connectivity index is 2.83. The third kappa shape index (κ3) is 4.84. The highest BCUT2D eigenvalue weighted by Gasteiger charge is 2.22. The van der Waals surface area contributed by atoms with Gasteiger partial charge in [0.05, 0.1) is 11.7 Å². The van der Waals surface area contributed by atoms with E-state index in [4.69, 9.17) is 5.11 Å². The molecule has 0 fully saturated rings. The van der Waals surface area contributed by atoms with Crippen LogP contribution in [0.3, 0.4) is 0 Å². The normalized spacial score (nSPS) is 12.0. The van der Waals surface area contributed by atoms with E-state index in [9.17, 15) is 4.79 Å². The average Bonchev–Trinajstić information content (AvgIpc) is 2.80. The highest BCUT2D eigenvalue weighted by atomic mass is 16.3. The van der Waals surface area contributed by atoms with Gasteiger partial charge in [0.15, 0.2) is 0 Å². The molecule has 0 bridgehead atoms. The molecule has 0 aromatic carbocycles. The van der Waals surface area contributed by atoms with Crippen LogP contribution in [0.25, 0.3) is 0 Å². The predicted octanol–water partition coefficient (Wildman–Crippen LogP) is 2.69. The summed E-state index contributed by atoms with van der Waals surface area (Å²) in [6.45, 7) is 10.9. The van der Waals surface area contributed by atoms with Crippen molar-refractivity contribution in [3.05, 3.63) is 17.5 Å². The van der Waals surface area contributed by atoms with Gasteiger partial charge in [-0.3, -0.25) is 9.48 Å². The van der Waals surface area contributed by atoms with Crippen molar-refractivity contribution in [2.45, 2.75) is 59.9 Å². The van der Waals surface area contributed by atoms with E-state index in [0.717, 1.165) is 18.5 Å². The molecular formula is C16H29N3O2. The van der Waals surface area contributed by atoms with Crippen molar-refractivity contribution in [2.75, 3.05) is 13.2 Å². The van der Waals surface area contributed by atoms with Crippen molar-refractivity contribution in [3.8, 4) is 0 Å². The molecule has 0 aliphatic carbocycles. The Morgan fingerprint density at radius 3 is 2.57 bits per heavy atom. The Hall–Kier alpha value is -1.36. The molecule has 0 spiro atoms. The lowest BCUT2D eigenvalue weighted by Crippen LogP contribution is -2.36. The number of amides is 1. The van der Waals surface area contributed by atoms with Gasteiger partial charge in [-0.1, -0.05) is 27.7 Å². The molecule has 0 saturated carbocycles. The van der Waals surface area contributed by atoms with Crippen LogP contribution in [0.15, 0.2) is 6.07 Å². The largest absolute Gasteiger partial charge is 0.396 e. The molecule has 0 radical (unpaired) electrons. The standard InChI is InChI=1S/C16H29N3O2/c1-6-13(7-2)19-14(10-12(3)18-19)15(21)17-11-16(4,5)8-9-20/h10,13,20H,6-9,11H2,1-5H3,(H,17,21). The van der Waals surface area contributed by atoms with Crippen molar-refractivity contribution in [3.63, 3.8) is 0 Å². The number of aryl methyl sites for hydroxylation is 1. The number of carbonyl (C=O) groups is 1. The van der Waals surface area contributed by atoms with Gasteiger partial charge in [-0.15, -0.1) is 0 Å². The van der Waals surface area contributed by atoms with Gasteiger partial charge in [-0.2, -0.15) is 5.10 Å². The number of hydrogen-bond donors (Lipinski definition) is 2. The molecule has 2 N–H and O–H groups in total. The first-order valence-electron chi connectivity index (χ1n) is 7.79. The number of nitrogens with one attached hydrogen (secondary N) is 1. The fourth-order valence-electron chi connectivity index (χ4n) is 2.40. The fourth-order valence-corrected chi connectivity index (χ4v) is 2.40. The van der Waals surface area contributed by atoms with Crippen molar-refractivity contribution in [2.24, 2.45) is 5.41 Å². The Morgan fingerprint density at radius 1 is 1.43 bits per heavy atom. The molecule has 1 amide bonds. The Labute approximate surface area is 127 Å². The van der Waals surface area contributed by atoms with Gasteiger partial charge in [0, 0.05) is 13.2 Å². The smallest absolute Gasteiger partial charge is 0.269 e. The van der Waals surface area contributed by atoms with Gasteiger partial charge in [0.1, 0.15) is 5.69 Å². The Bertz CT molecular complexity index is 462. The minimum absolute atomic E-state index is 0.0893. The van der Waals surface area contributed by atoms with Crippen LogP contribution >= 0.6 is 0 Å². The SMILES string of the molecule is CCC(CC)n1nc(C)cc1C(=O)NCC(C)(C)CCO. The van der Waals surface area contributed by atoms with Crippen molar-refractivity contribution >= 4 is 5.91 Å². The zero-order valence-corrected chi connectivity index (χ0v) is 13.9. The summed E-state index contributed by atoms with van der Waals surface area (Å²) >= 11 is 0. The molecule has 1 heterocycles. The maximum absolute atomic E-state index is 12.4. The van der Waals surface area contributed by atoms with E-state index < -0.39 is 0 Å². The van der Waals surface area contributed by atoms with Crippen LogP contribution in [-0.4, -0.2) is 33.9 Å². The van der Waals surface area contributed by atoms with E-state index in [0.29, 0.717) is 18.7 Å². The monoisotopic (exact) mass is 295 g/mol. The lowest BCUT2D eigenvalue weighted by atomic mass is 9.90. The maximum Gasteiger partial charge on any atom is 0.269 e. The molecule has 120 valence electrons. The third-order valence-electron chi connectivity index (χ3n) is 3.89. The summed E-state index contributed by atoms with van der Waals surface area (Å²) in [6.07, 6.45) is 2.57. The minimum atomic E-state index is -0.112. The fraction of sp³-hybridized carbons (Fsp3) is 0.750. The molecule has 0 unspecified atom stereocenters. The average molecular weight is 295 g/mol. The first-order valence-corrected chi connectivity index (χ1v) is 7.79. The second-order valence-electron chi connectivity index (χ2n) is 6.41. The number of aromatic nitrogens is 2. The van der Waals surface area contributed by atoms with E-state index in [1.807, 2.05) is 31.5 Å². The topological polar surface area (TPSA) is 67.2 Å². The molecule has 5 heteroatoms. The molecule has 0 saturated heterocycles. The van der Waals surface area contributed by atoms with Gasteiger partial charge in [0.2, 0.25) is 0 Å². The lowest BCUT2D eigenvalue weighted by molar-refractivity contribution is 0.0914. The van der Waals surface area contributed by atoms with Crippen LogP contribution in [0.4, 0.5) is 0 Å². The number of rotatable bonds is 8. The second-order valence-corrected chi connectivity index (χ2v) is 6.41. The molecule has 1 rings (SSSR count). The number of aliphatic hydroxyl groups excluding tert-OH is 1. The molecule has 5 nitrogen and oxygen atoms in total. The van der Waals surface area contributed by atoms with E-state index in [-0.39, 0.29) is 24.0 Å². The number of carbonyl (C=O) groups excluding carboxylic acids is 1. The summed E-state index contributed by atoms with van der Waals surface area (Å²) in [5, 5.41) is 16.5. The quantitative estimate of drug-likeness (QED) is 0.775. The molecule has 21 heavy (non-hydrogen) atoms. The number of aliphatic hydroxyl groups is 1. The summed E-state index contributed by atoms with van der Waals surface area (Å²) in [6, 6.07) is 2.09. The van der Waals surface area contributed by atoms with Crippen molar-refractivity contribution < 1.29 is 9.90 Å². The van der Waals surface area contributed by atoms with E-state index >= 15 is 0 Å². The van der Waals surface area contributed by atoms with Crippen LogP contribution in [-0.2, 0) is 0 Å². The summed E-state index contributed by atoms with van der Waals surface area (Å²) in [5.74, 6) is -0.0893. The Kier molecular flexibility index (Phi) is 6.40. The zero-order valence-electron chi connectivity index (χ0n) is 13.9. The number of hydrogen-bond acceptors (Lipinski definition) is 3. The van der Waals surface area contributed by atoms with Gasteiger partial charge in [-0.05, 0) is 37.7 Å². The van der Waals surface area contributed by atoms with Crippen LogP contribution in [0.1, 0.15) is 69.2 Å².